The number of nitrogens with two attached hydrogens (primary N) is 1. The van der Waals surface area contributed by atoms with Gasteiger partial charge in [0.05, 0.1) is 12.7 Å². The van der Waals surface area contributed by atoms with Gasteiger partial charge in [0.25, 0.3) is 0 Å². The van der Waals surface area contributed by atoms with E-state index in [-0.39, 0.29) is 5.84 Å². The summed E-state index contributed by atoms with van der Waals surface area (Å²) >= 11 is 0. The first-order chi connectivity index (χ1) is 9.97. The summed E-state index contributed by atoms with van der Waals surface area (Å²) in [7, 11) is 1.57. The van der Waals surface area contributed by atoms with Crippen LogP contribution in [0.5, 0.6) is 5.75 Å². The molecule has 0 radical (unpaired) electrons. The molecule has 1 aliphatic carbocycles. The molecule has 1 saturated carbocycles. The second-order valence-corrected chi connectivity index (χ2v) is 6.33. The van der Waals surface area contributed by atoms with Gasteiger partial charge >= 0.3 is 0 Å². The zero-order valence-corrected chi connectivity index (χ0v) is 13.0. The minimum Gasteiger partial charge on any atom is -0.496 e. The lowest BCUT2D eigenvalue weighted by Crippen LogP contribution is -2.37. The Morgan fingerprint density at radius 1 is 1.52 bits per heavy atom. The standard InChI is InChI=1S/C16H25N3O2/c1-16(2)8-4-5-14(16)18-10-11-6-7-13(21-3)12(9-11)15(17)19-20/h6-7,9,14,18,20H,4-5,8,10H2,1-3H3,(H2,17,19). The van der Waals surface area contributed by atoms with E-state index < -0.39 is 0 Å². The van der Waals surface area contributed by atoms with E-state index in [1.165, 1.54) is 19.3 Å². The lowest BCUT2D eigenvalue weighted by molar-refractivity contribution is 0.282. The normalized spacial score (nSPS) is 21.5. The fourth-order valence-corrected chi connectivity index (χ4v) is 3.07. The molecule has 0 aliphatic heterocycles. The van der Waals surface area contributed by atoms with Crippen LogP contribution in [-0.4, -0.2) is 24.2 Å². The second kappa shape index (κ2) is 6.35. The topological polar surface area (TPSA) is 79.9 Å². The average Bonchev–Trinajstić information content (AvgIpc) is 2.82. The van der Waals surface area contributed by atoms with Crippen molar-refractivity contribution >= 4 is 5.84 Å². The van der Waals surface area contributed by atoms with Gasteiger partial charge in [0.2, 0.25) is 0 Å². The predicted octanol–water partition coefficient (Wildman–Crippen LogP) is 2.46. The van der Waals surface area contributed by atoms with Gasteiger partial charge in [-0.15, -0.1) is 0 Å². The van der Waals surface area contributed by atoms with Gasteiger partial charge in [0.1, 0.15) is 5.75 Å². The predicted molar refractivity (Wildman–Crippen MR) is 83.8 cm³/mol. The number of amidine groups is 1. The molecule has 0 amide bonds. The van der Waals surface area contributed by atoms with E-state index in [9.17, 15) is 0 Å². The fraction of sp³-hybridized carbons (Fsp3) is 0.562. The molecular formula is C16H25N3O2. The molecule has 21 heavy (non-hydrogen) atoms. The number of nitrogens with one attached hydrogen (secondary N) is 1. The Hall–Kier alpha value is -1.75. The van der Waals surface area contributed by atoms with Crippen LogP contribution in [0.15, 0.2) is 23.4 Å². The molecular weight excluding hydrogens is 266 g/mol. The van der Waals surface area contributed by atoms with Crippen molar-refractivity contribution in [2.75, 3.05) is 7.11 Å². The van der Waals surface area contributed by atoms with Crippen LogP contribution in [0, 0.1) is 5.41 Å². The highest BCUT2D eigenvalue weighted by molar-refractivity contribution is 5.99. The molecule has 1 aliphatic rings. The van der Waals surface area contributed by atoms with Crippen molar-refractivity contribution in [3.05, 3.63) is 29.3 Å². The van der Waals surface area contributed by atoms with Gasteiger partial charge in [-0.3, -0.25) is 0 Å². The number of oxime groups is 1. The molecule has 1 atom stereocenters. The molecule has 5 heteroatoms. The van der Waals surface area contributed by atoms with E-state index in [2.05, 4.69) is 24.3 Å². The third kappa shape index (κ3) is 3.47. The third-order valence-electron chi connectivity index (χ3n) is 4.46. The molecule has 0 bridgehead atoms. The maximum Gasteiger partial charge on any atom is 0.173 e. The van der Waals surface area contributed by atoms with Crippen LogP contribution in [0.3, 0.4) is 0 Å². The fourth-order valence-electron chi connectivity index (χ4n) is 3.07. The lowest BCUT2D eigenvalue weighted by Gasteiger charge is -2.28. The van der Waals surface area contributed by atoms with Crippen LogP contribution in [0.2, 0.25) is 0 Å². The zero-order chi connectivity index (χ0) is 15.5. The largest absolute Gasteiger partial charge is 0.496 e. The molecule has 1 unspecified atom stereocenters. The van der Waals surface area contributed by atoms with Crippen LogP contribution in [-0.2, 0) is 6.54 Å². The average molecular weight is 291 g/mol. The maximum atomic E-state index is 8.86. The number of nitrogens with zero attached hydrogens (tertiary/aromatic N) is 1. The van der Waals surface area contributed by atoms with Crippen molar-refractivity contribution in [1.82, 2.24) is 5.32 Å². The van der Waals surface area contributed by atoms with E-state index in [0.717, 1.165) is 12.1 Å². The van der Waals surface area contributed by atoms with Gasteiger partial charge < -0.3 is 21.0 Å². The minimum atomic E-state index is 0.0647. The maximum absolute atomic E-state index is 8.86. The molecule has 2 rings (SSSR count). The third-order valence-corrected chi connectivity index (χ3v) is 4.46. The van der Waals surface area contributed by atoms with Gasteiger partial charge in [-0.25, -0.2) is 0 Å². The van der Waals surface area contributed by atoms with Crippen molar-refractivity contribution in [2.45, 2.75) is 45.7 Å². The Morgan fingerprint density at radius 2 is 2.29 bits per heavy atom. The van der Waals surface area contributed by atoms with E-state index in [4.69, 9.17) is 15.7 Å². The summed E-state index contributed by atoms with van der Waals surface area (Å²) in [6.07, 6.45) is 3.77. The molecule has 1 fully saturated rings. The molecule has 0 saturated heterocycles. The summed E-state index contributed by atoms with van der Waals surface area (Å²) in [5.41, 5.74) is 7.76. The molecule has 1 aromatic carbocycles. The zero-order valence-electron chi connectivity index (χ0n) is 13.0. The molecule has 1 aromatic rings. The summed E-state index contributed by atoms with van der Waals surface area (Å²) in [6, 6.07) is 6.29. The summed E-state index contributed by atoms with van der Waals surface area (Å²) in [5.74, 6) is 0.671. The number of ether oxygens (including phenoxy) is 1. The van der Waals surface area contributed by atoms with Crippen LogP contribution in [0.1, 0.15) is 44.2 Å². The van der Waals surface area contributed by atoms with Crippen LogP contribution < -0.4 is 15.8 Å². The van der Waals surface area contributed by atoms with Crippen LogP contribution in [0.4, 0.5) is 0 Å². The van der Waals surface area contributed by atoms with Crippen LogP contribution >= 0.6 is 0 Å². The molecule has 4 N–H and O–H groups in total. The quantitative estimate of drug-likeness (QED) is 0.337. The highest BCUT2D eigenvalue weighted by Gasteiger charge is 2.33. The Labute approximate surface area is 126 Å². The molecule has 0 heterocycles. The van der Waals surface area contributed by atoms with Crippen molar-refractivity contribution < 1.29 is 9.94 Å². The van der Waals surface area contributed by atoms with Gasteiger partial charge in [0, 0.05) is 12.6 Å². The highest BCUT2D eigenvalue weighted by Crippen LogP contribution is 2.37. The first-order valence-corrected chi connectivity index (χ1v) is 7.36. The van der Waals surface area contributed by atoms with E-state index in [1.54, 1.807) is 7.11 Å². The van der Waals surface area contributed by atoms with Gasteiger partial charge in [-0.1, -0.05) is 31.5 Å². The first kappa shape index (κ1) is 15.6. The Balaban J connectivity index is 2.11. The summed E-state index contributed by atoms with van der Waals surface area (Å²) in [4.78, 5) is 0. The van der Waals surface area contributed by atoms with Crippen LogP contribution in [0.25, 0.3) is 0 Å². The van der Waals surface area contributed by atoms with E-state index >= 15 is 0 Å². The van der Waals surface area contributed by atoms with Gasteiger partial charge in [0.15, 0.2) is 5.84 Å². The van der Waals surface area contributed by atoms with Crippen molar-refractivity contribution in [1.29, 1.82) is 0 Å². The highest BCUT2D eigenvalue weighted by atomic mass is 16.5. The number of hydrogen-bond donors (Lipinski definition) is 3. The molecule has 0 aromatic heterocycles. The molecule has 5 nitrogen and oxygen atoms in total. The molecule has 0 spiro atoms. The first-order valence-electron chi connectivity index (χ1n) is 7.36. The van der Waals surface area contributed by atoms with Gasteiger partial charge in [-0.05, 0) is 36.0 Å². The SMILES string of the molecule is COc1ccc(CNC2CCCC2(C)C)cc1C(N)=NO. The van der Waals surface area contributed by atoms with Crippen molar-refractivity contribution in [2.24, 2.45) is 16.3 Å². The van der Waals surface area contributed by atoms with E-state index in [1.807, 2.05) is 18.2 Å². The van der Waals surface area contributed by atoms with Crippen molar-refractivity contribution in [3.8, 4) is 5.75 Å². The number of hydrogen-bond acceptors (Lipinski definition) is 4. The number of methoxy groups -OCH3 is 1. The van der Waals surface area contributed by atoms with E-state index in [0.29, 0.717) is 22.8 Å². The Morgan fingerprint density at radius 3 is 2.86 bits per heavy atom. The Bertz CT molecular complexity index is 526. The lowest BCUT2D eigenvalue weighted by atomic mass is 9.87. The summed E-state index contributed by atoms with van der Waals surface area (Å²) in [6.45, 7) is 5.39. The smallest absolute Gasteiger partial charge is 0.173 e. The minimum absolute atomic E-state index is 0.0647. The summed E-state index contributed by atoms with van der Waals surface area (Å²) < 4.78 is 5.24. The monoisotopic (exact) mass is 291 g/mol. The number of benzene rings is 1. The summed E-state index contributed by atoms with van der Waals surface area (Å²) in [5, 5.41) is 15.6. The van der Waals surface area contributed by atoms with Gasteiger partial charge in [-0.2, -0.15) is 0 Å². The second-order valence-electron chi connectivity index (χ2n) is 6.33. The van der Waals surface area contributed by atoms with Crippen molar-refractivity contribution in [3.63, 3.8) is 0 Å². The number of rotatable bonds is 5. The Kier molecular flexibility index (Phi) is 4.73. The molecule has 116 valence electrons.